The second-order valence-electron chi connectivity index (χ2n) is 6.68. The van der Waals surface area contributed by atoms with Gasteiger partial charge >= 0.3 is 0 Å². The van der Waals surface area contributed by atoms with Gasteiger partial charge in [0, 0.05) is 26.7 Å². The van der Waals surface area contributed by atoms with Crippen LogP contribution in [0.1, 0.15) is 29.3 Å². The first-order chi connectivity index (χ1) is 15.1. The second kappa shape index (κ2) is 13.4. The third-order valence-electron chi connectivity index (χ3n) is 4.51. The van der Waals surface area contributed by atoms with Crippen molar-refractivity contribution in [2.45, 2.75) is 19.8 Å². The molecule has 2 rings (SSSR count). The Morgan fingerprint density at radius 2 is 1.77 bits per heavy atom. The highest BCUT2D eigenvalue weighted by Gasteiger charge is 2.08. The molecule has 8 heteroatoms. The number of hydrogen-bond acceptors (Lipinski definition) is 4. The average Bonchev–Trinajstić information content (AvgIpc) is 2.78. The summed E-state index contributed by atoms with van der Waals surface area (Å²) in [5, 5.41) is 9.75. The van der Waals surface area contributed by atoms with Crippen LogP contribution in [0.5, 0.6) is 11.5 Å². The zero-order valence-corrected chi connectivity index (χ0v) is 19.1. The van der Waals surface area contributed by atoms with Crippen LogP contribution < -0.4 is 25.4 Å². The van der Waals surface area contributed by atoms with Gasteiger partial charge in [-0.15, -0.1) is 0 Å². The molecule has 1 amide bonds. The number of methoxy groups -OCH3 is 1. The molecule has 0 spiro atoms. The van der Waals surface area contributed by atoms with Crippen LogP contribution in [0.4, 0.5) is 0 Å². The molecular weight excluding hydrogens is 416 g/mol. The average molecular weight is 447 g/mol. The van der Waals surface area contributed by atoms with E-state index < -0.39 is 0 Å². The van der Waals surface area contributed by atoms with Crippen molar-refractivity contribution in [1.29, 1.82) is 0 Å². The van der Waals surface area contributed by atoms with E-state index in [1.165, 1.54) is 5.56 Å². The van der Waals surface area contributed by atoms with Crippen LogP contribution in [-0.2, 0) is 6.42 Å². The van der Waals surface area contributed by atoms with E-state index in [4.69, 9.17) is 21.1 Å². The molecule has 2 aromatic carbocycles. The number of ether oxygens (including phenoxy) is 2. The zero-order valence-electron chi connectivity index (χ0n) is 18.3. The van der Waals surface area contributed by atoms with Crippen molar-refractivity contribution in [3.63, 3.8) is 0 Å². The first-order valence-corrected chi connectivity index (χ1v) is 10.7. The number of aryl methyl sites for hydroxylation is 1. The van der Waals surface area contributed by atoms with Gasteiger partial charge in [0.05, 0.1) is 24.3 Å². The maximum atomic E-state index is 12.1. The van der Waals surface area contributed by atoms with Gasteiger partial charge in [-0.2, -0.15) is 0 Å². The molecule has 0 saturated heterocycles. The van der Waals surface area contributed by atoms with Crippen molar-refractivity contribution in [2.24, 2.45) is 4.99 Å². The van der Waals surface area contributed by atoms with Gasteiger partial charge in [0.1, 0.15) is 0 Å². The number of benzene rings is 2. The summed E-state index contributed by atoms with van der Waals surface area (Å²) in [6.07, 6.45) is 1.84. The van der Waals surface area contributed by atoms with E-state index in [1.807, 2.05) is 19.1 Å². The summed E-state index contributed by atoms with van der Waals surface area (Å²) >= 11 is 6.04. The lowest BCUT2D eigenvalue weighted by atomic mass is 10.1. The summed E-state index contributed by atoms with van der Waals surface area (Å²) in [5.74, 6) is 2.01. The van der Waals surface area contributed by atoms with Crippen LogP contribution in [0, 0.1) is 0 Å². The predicted octanol–water partition coefficient (Wildman–Crippen LogP) is 3.27. The van der Waals surface area contributed by atoms with E-state index in [9.17, 15) is 4.79 Å². The lowest BCUT2D eigenvalue weighted by Crippen LogP contribution is -2.41. The minimum Gasteiger partial charge on any atom is -0.493 e. The highest BCUT2D eigenvalue weighted by Crippen LogP contribution is 2.28. The first kappa shape index (κ1) is 24.3. The number of hydrogen-bond donors (Lipinski definition) is 3. The van der Waals surface area contributed by atoms with Gasteiger partial charge in [0.25, 0.3) is 5.91 Å². The van der Waals surface area contributed by atoms with Crippen molar-refractivity contribution in [3.05, 3.63) is 58.6 Å². The van der Waals surface area contributed by atoms with E-state index in [0.29, 0.717) is 36.2 Å². The molecule has 0 radical (unpaired) electrons. The molecular formula is C23H31ClN4O3. The Labute approximate surface area is 189 Å². The van der Waals surface area contributed by atoms with Crippen LogP contribution in [0.15, 0.2) is 47.5 Å². The molecule has 0 aliphatic heterocycles. The maximum Gasteiger partial charge on any atom is 0.252 e. The van der Waals surface area contributed by atoms with Crippen molar-refractivity contribution >= 4 is 23.5 Å². The fourth-order valence-electron chi connectivity index (χ4n) is 2.96. The van der Waals surface area contributed by atoms with Crippen LogP contribution in [0.3, 0.4) is 0 Å². The van der Waals surface area contributed by atoms with Crippen molar-refractivity contribution in [2.75, 3.05) is 40.4 Å². The Morgan fingerprint density at radius 1 is 1.03 bits per heavy atom. The minimum absolute atomic E-state index is 0.193. The predicted molar refractivity (Wildman–Crippen MR) is 126 cm³/mol. The number of guanidine groups is 1. The highest BCUT2D eigenvalue weighted by molar-refractivity contribution is 6.33. The van der Waals surface area contributed by atoms with Gasteiger partial charge in [-0.3, -0.25) is 9.79 Å². The topological polar surface area (TPSA) is 84.0 Å². The molecule has 0 heterocycles. The standard InChI is InChI=1S/C23H31ClN4O3/c1-4-31-21-16-17(11-12-20(21)30-3)8-7-13-27-23(25-2)28-15-14-26-22(29)18-9-5-6-10-19(18)24/h5-6,9-12,16H,4,7-8,13-15H2,1-3H3,(H,26,29)(H2,25,27,28). The number of aliphatic imine (C=N–C) groups is 1. The molecule has 0 unspecified atom stereocenters. The van der Waals surface area contributed by atoms with Crippen molar-refractivity contribution < 1.29 is 14.3 Å². The summed E-state index contributed by atoms with van der Waals surface area (Å²) in [7, 11) is 3.36. The second-order valence-corrected chi connectivity index (χ2v) is 7.09. The third-order valence-corrected chi connectivity index (χ3v) is 4.84. The lowest BCUT2D eigenvalue weighted by molar-refractivity contribution is 0.0954. The summed E-state index contributed by atoms with van der Waals surface area (Å²) in [6.45, 7) is 4.32. The molecule has 0 aliphatic carbocycles. The normalized spacial score (nSPS) is 11.0. The van der Waals surface area contributed by atoms with Gasteiger partial charge < -0.3 is 25.4 Å². The van der Waals surface area contributed by atoms with Crippen LogP contribution in [0.25, 0.3) is 0 Å². The van der Waals surface area contributed by atoms with E-state index in [0.717, 1.165) is 30.9 Å². The number of amides is 1. The lowest BCUT2D eigenvalue weighted by Gasteiger charge is -2.13. The van der Waals surface area contributed by atoms with Gasteiger partial charge in [-0.25, -0.2) is 0 Å². The number of carbonyl (C=O) groups excluding carboxylic acids is 1. The minimum atomic E-state index is -0.193. The Hall–Kier alpha value is -2.93. The molecule has 0 atom stereocenters. The number of carbonyl (C=O) groups is 1. The zero-order chi connectivity index (χ0) is 22.5. The van der Waals surface area contributed by atoms with Crippen molar-refractivity contribution in [3.8, 4) is 11.5 Å². The number of nitrogens with one attached hydrogen (secondary N) is 3. The summed E-state index contributed by atoms with van der Waals surface area (Å²) in [6, 6.07) is 13.0. The Kier molecular flexibility index (Phi) is 10.5. The van der Waals surface area contributed by atoms with Gasteiger partial charge in [0.15, 0.2) is 17.5 Å². The van der Waals surface area contributed by atoms with E-state index in [2.05, 4.69) is 27.0 Å². The quantitative estimate of drug-likeness (QED) is 0.280. The molecule has 0 aromatic heterocycles. The molecule has 168 valence electrons. The fraction of sp³-hybridized carbons (Fsp3) is 0.391. The third kappa shape index (κ3) is 8.02. The van der Waals surface area contributed by atoms with Crippen LogP contribution >= 0.6 is 11.6 Å². The van der Waals surface area contributed by atoms with Crippen LogP contribution in [0.2, 0.25) is 5.02 Å². The molecule has 0 fully saturated rings. The van der Waals surface area contributed by atoms with Gasteiger partial charge in [-0.1, -0.05) is 29.8 Å². The summed E-state index contributed by atoms with van der Waals surface area (Å²) in [5.41, 5.74) is 1.66. The molecule has 2 aromatic rings. The monoisotopic (exact) mass is 446 g/mol. The molecule has 31 heavy (non-hydrogen) atoms. The Balaban J connectivity index is 1.68. The smallest absolute Gasteiger partial charge is 0.252 e. The molecule has 0 aliphatic rings. The van der Waals surface area contributed by atoms with E-state index in [-0.39, 0.29) is 5.91 Å². The molecule has 7 nitrogen and oxygen atoms in total. The number of rotatable bonds is 11. The van der Waals surface area contributed by atoms with Crippen molar-refractivity contribution in [1.82, 2.24) is 16.0 Å². The molecule has 0 bridgehead atoms. The first-order valence-electron chi connectivity index (χ1n) is 10.4. The molecule has 3 N–H and O–H groups in total. The Morgan fingerprint density at radius 3 is 2.48 bits per heavy atom. The largest absolute Gasteiger partial charge is 0.493 e. The van der Waals surface area contributed by atoms with Crippen LogP contribution in [-0.4, -0.2) is 52.3 Å². The number of halogens is 1. The Bertz CT molecular complexity index is 874. The summed E-state index contributed by atoms with van der Waals surface area (Å²) in [4.78, 5) is 16.4. The van der Waals surface area contributed by atoms with Gasteiger partial charge in [-0.05, 0) is 49.6 Å². The number of nitrogens with zero attached hydrogens (tertiary/aromatic N) is 1. The summed E-state index contributed by atoms with van der Waals surface area (Å²) < 4.78 is 11.0. The van der Waals surface area contributed by atoms with E-state index in [1.54, 1.807) is 38.4 Å². The van der Waals surface area contributed by atoms with E-state index >= 15 is 0 Å². The molecule has 0 saturated carbocycles. The van der Waals surface area contributed by atoms with Gasteiger partial charge in [0.2, 0.25) is 0 Å². The SMILES string of the molecule is CCOc1cc(CCCNC(=NC)NCCNC(=O)c2ccccc2Cl)ccc1OC. The highest BCUT2D eigenvalue weighted by atomic mass is 35.5. The maximum absolute atomic E-state index is 12.1. The fourth-order valence-corrected chi connectivity index (χ4v) is 3.18.